The minimum absolute atomic E-state index is 0.0840. The molecule has 0 heterocycles. The summed E-state index contributed by atoms with van der Waals surface area (Å²) in [6.45, 7) is 1.74. The third-order valence-corrected chi connectivity index (χ3v) is 2.59. The number of ether oxygens (including phenoxy) is 1. The van der Waals surface area contributed by atoms with Gasteiger partial charge < -0.3 is 20.7 Å². The van der Waals surface area contributed by atoms with Crippen LogP contribution in [0.25, 0.3) is 0 Å². The molecule has 0 aliphatic rings. The van der Waals surface area contributed by atoms with Crippen LogP contribution in [0.4, 0.5) is 0 Å². The Morgan fingerprint density at radius 1 is 1.44 bits per heavy atom. The number of benzene rings is 1. The van der Waals surface area contributed by atoms with Crippen LogP contribution in [0.15, 0.2) is 24.3 Å². The van der Waals surface area contributed by atoms with Crippen LogP contribution in [0.2, 0.25) is 0 Å². The average molecular weight is 269 g/mol. The minimum atomic E-state index is -1.67. The number of thiocarbonyl (C=S) groups is 1. The fourth-order valence-corrected chi connectivity index (χ4v) is 1.69. The molecule has 2 unspecified atom stereocenters. The second-order valence-electron chi connectivity index (χ2n) is 3.59. The summed E-state index contributed by atoms with van der Waals surface area (Å²) in [6.07, 6.45) is -3.10. The van der Waals surface area contributed by atoms with Crippen LogP contribution in [0.1, 0.15) is 24.2 Å². The Hall–Kier alpha value is -1.50. The van der Waals surface area contributed by atoms with Gasteiger partial charge in [-0.2, -0.15) is 0 Å². The van der Waals surface area contributed by atoms with Crippen LogP contribution in [0.3, 0.4) is 0 Å². The van der Waals surface area contributed by atoms with E-state index < -0.39 is 18.2 Å². The maximum absolute atomic E-state index is 11.3. The summed E-state index contributed by atoms with van der Waals surface area (Å²) < 4.78 is 4.63. The number of hydrogen-bond acceptors (Lipinski definition) is 5. The molecule has 2 atom stereocenters. The van der Waals surface area contributed by atoms with Gasteiger partial charge in [0.25, 0.3) is 0 Å². The van der Waals surface area contributed by atoms with E-state index in [1.54, 1.807) is 31.2 Å². The van der Waals surface area contributed by atoms with Gasteiger partial charge in [0.15, 0.2) is 6.10 Å². The summed E-state index contributed by atoms with van der Waals surface area (Å²) in [6, 6.07) is 6.50. The van der Waals surface area contributed by atoms with Crippen molar-refractivity contribution in [3.63, 3.8) is 0 Å². The van der Waals surface area contributed by atoms with Crippen molar-refractivity contribution in [1.29, 1.82) is 0 Å². The van der Waals surface area contributed by atoms with E-state index in [1.165, 1.54) is 0 Å². The number of carbonyl (C=O) groups excluding carboxylic acids is 1. The van der Waals surface area contributed by atoms with Crippen molar-refractivity contribution >= 4 is 23.2 Å². The molecule has 4 N–H and O–H groups in total. The molecule has 18 heavy (non-hydrogen) atoms. The lowest BCUT2D eigenvalue weighted by Gasteiger charge is -2.19. The molecule has 0 bridgehead atoms. The Labute approximate surface area is 110 Å². The maximum atomic E-state index is 11.3. The van der Waals surface area contributed by atoms with Crippen LogP contribution < -0.4 is 5.73 Å². The molecule has 0 aliphatic carbocycles. The predicted molar refractivity (Wildman–Crippen MR) is 69.9 cm³/mol. The Morgan fingerprint density at radius 3 is 2.61 bits per heavy atom. The van der Waals surface area contributed by atoms with Crippen molar-refractivity contribution in [2.24, 2.45) is 5.73 Å². The molecule has 0 radical (unpaired) electrons. The Balaban J connectivity index is 2.99. The number of rotatable bonds is 5. The largest absolute Gasteiger partial charge is 0.464 e. The zero-order valence-electron chi connectivity index (χ0n) is 9.87. The molecular formula is C12H15NO4S. The number of aliphatic hydroxyl groups excluding tert-OH is 2. The average Bonchev–Trinajstić information content (AvgIpc) is 2.37. The molecular weight excluding hydrogens is 254 g/mol. The van der Waals surface area contributed by atoms with Crippen molar-refractivity contribution < 1.29 is 19.7 Å². The van der Waals surface area contributed by atoms with Crippen molar-refractivity contribution in [2.75, 3.05) is 6.61 Å². The highest BCUT2D eigenvalue weighted by molar-refractivity contribution is 7.80. The Bertz CT molecular complexity index is 449. The van der Waals surface area contributed by atoms with E-state index in [-0.39, 0.29) is 11.6 Å². The van der Waals surface area contributed by atoms with Gasteiger partial charge in [-0.3, -0.25) is 0 Å². The zero-order chi connectivity index (χ0) is 13.7. The first-order valence-corrected chi connectivity index (χ1v) is 5.81. The molecule has 1 aromatic carbocycles. The van der Waals surface area contributed by atoms with E-state index in [0.29, 0.717) is 11.1 Å². The molecule has 6 heteroatoms. The van der Waals surface area contributed by atoms with Crippen molar-refractivity contribution in [3.05, 3.63) is 35.4 Å². The first kappa shape index (κ1) is 14.6. The smallest absolute Gasteiger partial charge is 0.338 e. The lowest BCUT2D eigenvalue weighted by molar-refractivity contribution is -0.159. The lowest BCUT2D eigenvalue weighted by Crippen LogP contribution is -2.31. The van der Waals surface area contributed by atoms with Crippen LogP contribution in [0.5, 0.6) is 0 Å². The van der Waals surface area contributed by atoms with Crippen LogP contribution in [-0.4, -0.2) is 33.9 Å². The quantitative estimate of drug-likeness (QED) is 0.525. The second kappa shape index (κ2) is 6.44. The standard InChI is InChI=1S/C12H15NO4S/c1-2-17-12(16)10(15)9(14)7-5-3-4-6-8(7)11(13)18/h3-6,9-10,14-15H,2H2,1H3,(H2,13,18). The summed E-state index contributed by atoms with van der Waals surface area (Å²) in [7, 11) is 0. The van der Waals surface area contributed by atoms with Gasteiger partial charge in [-0.1, -0.05) is 36.5 Å². The first-order valence-electron chi connectivity index (χ1n) is 5.40. The highest BCUT2D eigenvalue weighted by Gasteiger charge is 2.28. The first-order chi connectivity index (χ1) is 8.49. The van der Waals surface area contributed by atoms with Crippen molar-refractivity contribution in [1.82, 2.24) is 0 Å². The number of esters is 1. The number of hydrogen-bond donors (Lipinski definition) is 3. The van der Waals surface area contributed by atoms with Gasteiger partial charge in [0, 0.05) is 5.56 Å². The van der Waals surface area contributed by atoms with Gasteiger partial charge in [0.05, 0.1) is 6.61 Å². The molecule has 1 rings (SSSR count). The molecule has 0 amide bonds. The maximum Gasteiger partial charge on any atom is 0.338 e. The normalized spacial score (nSPS) is 13.7. The SMILES string of the molecule is CCOC(=O)C(O)C(O)c1ccccc1C(N)=S. The molecule has 0 saturated heterocycles. The molecule has 0 saturated carbocycles. The molecule has 0 fully saturated rings. The van der Waals surface area contributed by atoms with Crippen molar-refractivity contribution in [2.45, 2.75) is 19.1 Å². The summed E-state index contributed by atoms with van der Waals surface area (Å²) >= 11 is 4.84. The lowest BCUT2D eigenvalue weighted by atomic mass is 9.98. The highest BCUT2D eigenvalue weighted by Crippen LogP contribution is 2.22. The van der Waals surface area contributed by atoms with Gasteiger partial charge >= 0.3 is 5.97 Å². The molecule has 1 aromatic rings. The summed E-state index contributed by atoms with van der Waals surface area (Å²) in [4.78, 5) is 11.4. The molecule has 0 aliphatic heterocycles. The summed E-state index contributed by atoms with van der Waals surface area (Å²) in [5.41, 5.74) is 6.23. The van der Waals surface area contributed by atoms with E-state index in [2.05, 4.69) is 4.74 Å². The number of aliphatic hydroxyl groups is 2. The summed E-state index contributed by atoms with van der Waals surface area (Å²) in [5.74, 6) is -0.886. The van der Waals surface area contributed by atoms with Gasteiger partial charge in [0.1, 0.15) is 11.1 Å². The summed E-state index contributed by atoms with van der Waals surface area (Å²) in [5, 5.41) is 19.6. The molecule has 0 spiro atoms. The number of nitrogens with two attached hydrogens (primary N) is 1. The van der Waals surface area contributed by atoms with Crippen LogP contribution in [-0.2, 0) is 9.53 Å². The second-order valence-corrected chi connectivity index (χ2v) is 4.03. The molecule has 98 valence electrons. The number of carbonyl (C=O) groups is 1. The van der Waals surface area contributed by atoms with E-state index in [0.717, 1.165) is 0 Å². The van der Waals surface area contributed by atoms with Gasteiger partial charge in [-0.15, -0.1) is 0 Å². The highest BCUT2D eigenvalue weighted by atomic mass is 32.1. The minimum Gasteiger partial charge on any atom is -0.464 e. The molecule has 0 aromatic heterocycles. The topological polar surface area (TPSA) is 92.8 Å². The van der Waals surface area contributed by atoms with E-state index in [9.17, 15) is 15.0 Å². The molecule has 5 nitrogen and oxygen atoms in total. The van der Waals surface area contributed by atoms with E-state index in [1.807, 2.05) is 0 Å². The van der Waals surface area contributed by atoms with Crippen molar-refractivity contribution in [3.8, 4) is 0 Å². The monoisotopic (exact) mass is 269 g/mol. The zero-order valence-corrected chi connectivity index (χ0v) is 10.7. The van der Waals surface area contributed by atoms with Crippen LogP contribution >= 0.6 is 12.2 Å². The van der Waals surface area contributed by atoms with Gasteiger partial charge in [0.2, 0.25) is 0 Å². The third-order valence-electron chi connectivity index (χ3n) is 2.37. The fourth-order valence-electron chi connectivity index (χ4n) is 1.51. The Morgan fingerprint density at radius 2 is 2.06 bits per heavy atom. The third kappa shape index (κ3) is 3.25. The van der Waals surface area contributed by atoms with E-state index >= 15 is 0 Å². The van der Waals surface area contributed by atoms with Gasteiger partial charge in [-0.25, -0.2) is 4.79 Å². The fraction of sp³-hybridized carbons (Fsp3) is 0.333. The van der Waals surface area contributed by atoms with Gasteiger partial charge in [-0.05, 0) is 12.5 Å². The van der Waals surface area contributed by atoms with E-state index in [4.69, 9.17) is 18.0 Å². The Kier molecular flexibility index (Phi) is 5.21. The predicted octanol–water partition coefficient (Wildman–Crippen LogP) is 0.278. The van der Waals surface area contributed by atoms with Crippen LogP contribution in [0, 0.1) is 0 Å².